The van der Waals surface area contributed by atoms with Crippen LogP contribution < -0.4 is 0 Å². The van der Waals surface area contributed by atoms with Crippen molar-refractivity contribution in [1.29, 1.82) is 0 Å². The molecule has 1 aromatic rings. The van der Waals surface area contributed by atoms with Crippen molar-refractivity contribution in [3.8, 4) is 0 Å². The summed E-state index contributed by atoms with van der Waals surface area (Å²) in [5.74, 6) is 0. The highest BCUT2D eigenvalue weighted by Crippen LogP contribution is 2.08. The van der Waals surface area contributed by atoms with E-state index in [4.69, 9.17) is 0 Å². The van der Waals surface area contributed by atoms with E-state index in [1.165, 1.54) is 5.56 Å². The van der Waals surface area contributed by atoms with Crippen molar-refractivity contribution < 1.29 is 4.21 Å². The first-order valence-corrected chi connectivity index (χ1v) is 5.36. The minimum absolute atomic E-state index is 0.760. The molecule has 0 amide bonds. The average Bonchev–Trinajstić information content (AvgIpc) is 2.15. The topological polar surface area (TPSA) is 29.4 Å². The summed E-state index contributed by atoms with van der Waals surface area (Å²) in [7, 11) is -1.22. The number of benzene rings is 1. The van der Waals surface area contributed by atoms with Crippen molar-refractivity contribution in [3.63, 3.8) is 0 Å². The standard InChI is InChI=1S/C10H13NOS/c1-3-8-11-13(12)10-6-4-9(2)5-7-10/h4-8H,3H2,1-2H3/b11-8+/t13-/m0/s1. The molecule has 2 nitrogen and oxygen atoms in total. The summed E-state index contributed by atoms with van der Waals surface area (Å²) in [6.45, 7) is 3.97. The third kappa shape index (κ3) is 3.11. The molecule has 0 unspecified atom stereocenters. The van der Waals surface area contributed by atoms with Gasteiger partial charge in [-0.2, -0.15) is 4.40 Å². The molecule has 0 heterocycles. The van der Waals surface area contributed by atoms with Gasteiger partial charge in [-0.3, -0.25) is 0 Å². The van der Waals surface area contributed by atoms with Crippen LogP contribution in [0.2, 0.25) is 0 Å². The zero-order valence-electron chi connectivity index (χ0n) is 7.86. The van der Waals surface area contributed by atoms with E-state index in [-0.39, 0.29) is 0 Å². The van der Waals surface area contributed by atoms with Gasteiger partial charge in [0.05, 0.1) is 4.90 Å². The molecular formula is C10H13NOS. The van der Waals surface area contributed by atoms with Crippen LogP contribution in [0.15, 0.2) is 33.6 Å². The number of aryl methyl sites for hydroxylation is 1. The van der Waals surface area contributed by atoms with Gasteiger partial charge in [0.1, 0.15) is 0 Å². The Labute approximate surface area is 81.3 Å². The van der Waals surface area contributed by atoms with Gasteiger partial charge in [-0.1, -0.05) is 24.6 Å². The molecule has 0 radical (unpaired) electrons. The van der Waals surface area contributed by atoms with E-state index >= 15 is 0 Å². The van der Waals surface area contributed by atoms with E-state index in [9.17, 15) is 4.21 Å². The Balaban J connectivity index is 2.78. The van der Waals surface area contributed by atoms with Crippen LogP contribution in [-0.4, -0.2) is 10.4 Å². The number of rotatable bonds is 3. The lowest BCUT2D eigenvalue weighted by Gasteiger charge is -1.95. The van der Waals surface area contributed by atoms with E-state index < -0.39 is 11.0 Å². The molecule has 1 aromatic carbocycles. The minimum Gasteiger partial charge on any atom is -0.230 e. The Kier molecular flexibility index (Phi) is 3.83. The summed E-state index contributed by atoms with van der Waals surface area (Å²) >= 11 is 0. The molecule has 0 aliphatic heterocycles. The lowest BCUT2D eigenvalue weighted by molar-refractivity contribution is 0.684. The molecule has 0 aliphatic rings. The zero-order valence-corrected chi connectivity index (χ0v) is 8.67. The predicted molar refractivity (Wildman–Crippen MR) is 56.4 cm³/mol. The smallest absolute Gasteiger partial charge is 0.172 e. The third-order valence-corrected chi connectivity index (χ3v) is 2.59. The molecule has 70 valence electrons. The number of hydrogen-bond acceptors (Lipinski definition) is 1. The first kappa shape index (κ1) is 10.1. The van der Waals surface area contributed by atoms with Crippen LogP contribution in [0.1, 0.15) is 18.9 Å². The monoisotopic (exact) mass is 195 g/mol. The van der Waals surface area contributed by atoms with E-state index in [1.807, 2.05) is 38.1 Å². The van der Waals surface area contributed by atoms with E-state index in [1.54, 1.807) is 6.21 Å². The van der Waals surface area contributed by atoms with Crippen LogP contribution in [0.5, 0.6) is 0 Å². The van der Waals surface area contributed by atoms with Gasteiger partial charge in [-0.05, 0) is 25.5 Å². The molecule has 0 aromatic heterocycles. The van der Waals surface area contributed by atoms with E-state index in [0.717, 1.165) is 11.3 Å². The summed E-state index contributed by atoms with van der Waals surface area (Å²) in [6.07, 6.45) is 2.49. The number of nitrogens with zero attached hydrogens (tertiary/aromatic N) is 1. The molecule has 1 rings (SSSR count). The molecule has 1 atom stereocenters. The Morgan fingerprint density at radius 2 is 2.00 bits per heavy atom. The van der Waals surface area contributed by atoms with Crippen LogP contribution in [0.3, 0.4) is 0 Å². The summed E-state index contributed by atoms with van der Waals surface area (Å²) in [6, 6.07) is 7.57. The van der Waals surface area contributed by atoms with Crippen molar-refractivity contribution >= 4 is 17.2 Å². The third-order valence-electron chi connectivity index (χ3n) is 1.58. The van der Waals surface area contributed by atoms with Gasteiger partial charge in [0.2, 0.25) is 0 Å². The Morgan fingerprint density at radius 1 is 1.38 bits per heavy atom. The van der Waals surface area contributed by atoms with Gasteiger partial charge in [-0.25, -0.2) is 4.21 Å². The molecule has 0 fully saturated rings. The lowest BCUT2D eigenvalue weighted by atomic mass is 10.2. The van der Waals surface area contributed by atoms with Crippen LogP contribution in [0.4, 0.5) is 0 Å². The average molecular weight is 195 g/mol. The maximum Gasteiger partial charge on any atom is 0.172 e. The highest BCUT2D eigenvalue weighted by molar-refractivity contribution is 7.83. The normalized spacial score (nSPS) is 13.4. The van der Waals surface area contributed by atoms with Crippen LogP contribution in [0, 0.1) is 6.92 Å². The minimum atomic E-state index is -1.22. The van der Waals surface area contributed by atoms with Crippen molar-refractivity contribution in [3.05, 3.63) is 29.8 Å². The van der Waals surface area contributed by atoms with Crippen molar-refractivity contribution in [2.75, 3.05) is 0 Å². The van der Waals surface area contributed by atoms with Crippen molar-refractivity contribution in [2.45, 2.75) is 25.2 Å². The van der Waals surface area contributed by atoms with Gasteiger partial charge in [0.25, 0.3) is 0 Å². The van der Waals surface area contributed by atoms with Gasteiger partial charge in [0, 0.05) is 6.21 Å². The molecule has 0 bridgehead atoms. The molecule has 13 heavy (non-hydrogen) atoms. The molecule has 0 saturated heterocycles. The van der Waals surface area contributed by atoms with Crippen LogP contribution in [0.25, 0.3) is 0 Å². The summed E-state index contributed by atoms with van der Waals surface area (Å²) in [5, 5.41) is 0. The highest BCUT2D eigenvalue weighted by Gasteiger charge is 1.98. The molecule has 0 aliphatic carbocycles. The fraction of sp³-hybridized carbons (Fsp3) is 0.300. The van der Waals surface area contributed by atoms with Crippen molar-refractivity contribution in [1.82, 2.24) is 0 Å². The quantitative estimate of drug-likeness (QED) is 0.681. The van der Waals surface area contributed by atoms with Gasteiger partial charge >= 0.3 is 0 Å². The predicted octanol–water partition coefficient (Wildman–Crippen LogP) is 2.50. The largest absolute Gasteiger partial charge is 0.230 e. The Hall–Kier alpha value is -0.960. The van der Waals surface area contributed by atoms with E-state index in [0.29, 0.717) is 0 Å². The maximum atomic E-state index is 11.4. The zero-order chi connectivity index (χ0) is 9.68. The fourth-order valence-corrected chi connectivity index (χ4v) is 1.63. The maximum absolute atomic E-state index is 11.4. The molecule has 3 heteroatoms. The van der Waals surface area contributed by atoms with Gasteiger partial charge in [0.15, 0.2) is 11.0 Å². The van der Waals surface area contributed by atoms with Gasteiger partial charge < -0.3 is 0 Å². The summed E-state index contributed by atoms with van der Waals surface area (Å²) < 4.78 is 15.3. The first-order chi connectivity index (χ1) is 6.24. The Morgan fingerprint density at radius 3 is 2.54 bits per heavy atom. The number of hydrogen-bond donors (Lipinski definition) is 0. The lowest BCUT2D eigenvalue weighted by Crippen LogP contribution is -1.87. The van der Waals surface area contributed by atoms with E-state index in [2.05, 4.69) is 4.40 Å². The second-order valence-corrected chi connectivity index (χ2v) is 3.94. The molecular weight excluding hydrogens is 182 g/mol. The van der Waals surface area contributed by atoms with Gasteiger partial charge in [-0.15, -0.1) is 0 Å². The first-order valence-electron chi connectivity index (χ1n) is 4.25. The molecule has 0 N–H and O–H groups in total. The SMILES string of the molecule is CC/C=N/[S@@](=O)c1ccc(C)cc1. The second-order valence-electron chi connectivity index (χ2n) is 2.76. The summed E-state index contributed by atoms with van der Waals surface area (Å²) in [5.41, 5.74) is 1.17. The molecule has 0 saturated carbocycles. The Bertz CT molecular complexity index is 316. The second kappa shape index (κ2) is 4.92. The van der Waals surface area contributed by atoms with Crippen LogP contribution >= 0.6 is 0 Å². The molecule has 0 spiro atoms. The fourth-order valence-electron chi connectivity index (χ4n) is 0.858. The van der Waals surface area contributed by atoms with Crippen molar-refractivity contribution in [2.24, 2.45) is 4.40 Å². The van der Waals surface area contributed by atoms with Crippen LogP contribution in [-0.2, 0) is 11.0 Å². The highest BCUT2D eigenvalue weighted by atomic mass is 32.2. The summed E-state index contributed by atoms with van der Waals surface area (Å²) in [4.78, 5) is 0.760.